The Morgan fingerprint density at radius 3 is 1.53 bits per heavy atom. The zero-order valence-electron chi connectivity index (χ0n) is 27.9. The van der Waals surface area contributed by atoms with E-state index >= 15 is 0 Å². The molecular formula is C32H48N2O13. The van der Waals surface area contributed by atoms with Crippen LogP contribution in [-0.4, -0.2) is 91.1 Å². The Bertz CT molecular complexity index is 1170. The summed E-state index contributed by atoms with van der Waals surface area (Å²) in [5.41, 5.74) is -1.05. The standard InChI is InChI=1S/C16H25NO7.C16H23NO6/c1-16(2,3)24-14(21)8-6-4-5-7-11(15(22)23)17-12(18)9-10-13(19)20;1-16(2,3)23-14(20)8-6-4-5-7-11(15(21)22)17-12(18)9-10-13(17)19/h9-11H,4-8H2,1-3H3,(H,17,18)(H,19,20)(H,22,23);9-11H,4-8H2,1-3H3,(H,21,22)/b10-9-;/t2*11-/m00/s1. The number of hydrogen-bond donors (Lipinski definition) is 4. The molecule has 0 unspecified atom stereocenters. The number of carbonyl (C=O) groups is 8. The Kier molecular flexibility index (Phi) is 18.5. The van der Waals surface area contributed by atoms with E-state index in [-0.39, 0.29) is 37.6 Å². The minimum absolute atomic E-state index is 0.169. The molecule has 3 amide bonds. The Morgan fingerprint density at radius 1 is 0.702 bits per heavy atom. The lowest BCUT2D eigenvalue weighted by Crippen LogP contribution is -2.44. The van der Waals surface area contributed by atoms with E-state index < -0.39 is 58.9 Å². The number of unbranched alkanes of at least 4 members (excludes halogenated alkanes) is 4. The molecule has 0 aromatic rings. The molecule has 0 saturated carbocycles. The summed E-state index contributed by atoms with van der Waals surface area (Å²) >= 11 is 0. The molecule has 15 nitrogen and oxygen atoms in total. The molecule has 0 aromatic heterocycles. The number of amides is 3. The maximum Gasteiger partial charge on any atom is 0.328 e. The lowest BCUT2D eigenvalue weighted by molar-refractivity contribution is -0.156. The Balaban J connectivity index is 0.000000901. The van der Waals surface area contributed by atoms with Gasteiger partial charge in [0, 0.05) is 37.1 Å². The summed E-state index contributed by atoms with van der Waals surface area (Å²) in [6.45, 7) is 10.7. The first-order valence-corrected chi connectivity index (χ1v) is 15.3. The molecule has 1 aliphatic rings. The van der Waals surface area contributed by atoms with Gasteiger partial charge in [0.15, 0.2) is 0 Å². The van der Waals surface area contributed by atoms with E-state index in [1.807, 2.05) is 0 Å². The number of hydrogen-bond acceptors (Lipinski definition) is 10. The fourth-order valence-electron chi connectivity index (χ4n) is 4.07. The number of nitrogens with zero attached hydrogens (tertiary/aromatic N) is 1. The topological polar surface area (TPSA) is 231 Å². The molecule has 15 heteroatoms. The molecule has 1 aliphatic heterocycles. The van der Waals surface area contributed by atoms with Gasteiger partial charge in [-0.2, -0.15) is 0 Å². The van der Waals surface area contributed by atoms with Crippen LogP contribution in [0.5, 0.6) is 0 Å². The first-order valence-electron chi connectivity index (χ1n) is 15.3. The third-order valence-corrected chi connectivity index (χ3v) is 6.00. The third-order valence-electron chi connectivity index (χ3n) is 6.00. The molecule has 0 aliphatic carbocycles. The maximum atomic E-state index is 11.5. The average molecular weight is 669 g/mol. The van der Waals surface area contributed by atoms with Gasteiger partial charge in [-0.05, 0) is 67.2 Å². The smallest absolute Gasteiger partial charge is 0.328 e. The number of carboxylic acids is 3. The summed E-state index contributed by atoms with van der Waals surface area (Å²) in [5, 5.41) is 28.9. The minimum Gasteiger partial charge on any atom is -0.480 e. The van der Waals surface area contributed by atoms with Crippen molar-refractivity contribution in [3.05, 3.63) is 24.3 Å². The van der Waals surface area contributed by atoms with E-state index in [2.05, 4.69) is 5.32 Å². The molecule has 0 bridgehead atoms. The fraction of sp³-hybridized carbons (Fsp3) is 0.625. The molecule has 0 saturated heterocycles. The monoisotopic (exact) mass is 668 g/mol. The summed E-state index contributed by atoms with van der Waals surface area (Å²) in [4.78, 5) is 90.9. The molecule has 0 spiro atoms. The highest BCUT2D eigenvalue weighted by Crippen LogP contribution is 2.17. The lowest BCUT2D eigenvalue weighted by atomic mass is 10.1. The summed E-state index contributed by atoms with van der Waals surface area (Å²) in [6.07, 6.45) is 7.78. The van der Waals surface area contributed by atoms with Crippen LogP contribution < -0.4 is 5.32 Å². The molecule has 0 fully saturated rings. The van der Waals surface area contributed by atoms with E-state index in [4.69, 9.17) is 19.7 Å². The Hall–Kier alpha value is -4.56. The second-order valence-corrected chi connectivity index (χ2v) is 12.7. The van der Waals surface area contributed by atoms with Crippen LogP contribution in [0.15, 0.2) is 24.3 Å². The van der Waals surface area contributed by atoms with Crippen molar-refractivity contribution in [2.75, 3.05) is 0 Å². The van der Waals surface area contributed by atoms with Crippen molar-refractivity contribution in [3.8, 4) is 0 Å². The van der Waals surface area contributed by atoms with Crippen molar-refractivity contribution in [2.24, 2.45) is 0 Å². The van der Waals surface area contributed by atoms with Crippen molar-refractivity contribution in [1.82, 2.24) is 10.2 Å². The predicted molar refractivity (Wildman–Crippen MR) is 167 cm³/mol. The minimum atomic E-state index is -1.29. The molecule has 0 aromatic carbocycles. The quantitative estimate of drug-likeness (QED) is 0.0712. The van der Waals surface area contributed by atoms with Crippen LogP contribution in [0.25, 0.3) is 0 Å². The van der Waals surface area contributed by atoms with Crippen LogP contribution >= 0.6 is 0 Å². The summed E-state index contributed by atoms with van der Waals surface area (Å²) in [6, 6.07) is -2.26. The normalized spacial score (nSPS) is 14.2. The van der Waals surface area contributed by atoms with Crippen LogP contribution in [0.3, 0.4) is 0 Å². The number of rotatable bonds is 18. The van der Waals surface area contributed by atoms with Gasteiger partial charge in [-0.3, -0.25) is 28.9 Å². The van der Waals surface area contributed by atoms with Gasteiger partial charge in [0.2, 0.25) is 5.91 Å². The zero-order valence-corrected chi connectivity index (χ0v) is 27.9. The van der Waals surface area contributed by atoms with Crippen LogP contribution in [0.1, 0.15) is 106 Å². The van der Waals surface area contributed by atoms with Gasteiger partial charge in [0.25, 0.3) is 11.8 Å². The van der Waals surface area contributed by atoms with Gasteiger partial charge in [-0.15, -0.1) is 0 Å². The molecule has 1 rings (SSSR count). The molecule has 4 N–H and O–H groups in total. The van der Waals surface area contributed by atoms with Crippen LogP contribution in [0, 0.1) is 0 Å². The predicted octanol–water partition coefficient (Wildman–Crippen LogP) is 3.15. The van der Waals surface area contributed by atoms with Crippen molar-refractivity contribution in [1.29, 1.82) is 0 Å². The van der Waals surface area contributed by atoms with Crippen molar-refractivity contribution in [3.63, 3.8) is 0 Å². The van der Waals surface area contributed by atoms with E-state index in [0.29, 0.717) is 44.6 Å². The number of ether oxygens (including phenoxy) is 2. The number of esters is 2. The number of carboxylic acid groups (broad SMARTS) is 3. The summed E-state index contributed by atoms with van der Waals surface area (Å²) < 4.78 is 10.3. The number of nitrogens with one attached hydrogen (secondary N) is 1. The molecule has 0 radical (unpaired) electrons. The van der Waals surface area contributed by atoms with Crippen molar-refractivity contribution >= 4 is 47.6 Å². The van der Waals surface area contributed by atoms with Crippen LogP contribution in [0.4, 0.5) is 0 Å². The second kappa shape index (κ2) is 20.5. The SMILES string of the molecule is CC(C)(C)OC(=O)CCCCC[C@@H](C(=O)O)N1C(=O)C=CC1=O.CC(C)(C)OC(=O)CCCCC[C@H](NC(=O)/C=C\C(=O)O)C(=O)O. The molecule has 1 heterocycles. The fourth-order valence-corrected chi connectivity index (χ4v) is 4.07. The number of imide groups is 1. The third kappa shape index (κ3) is 21.0. The lowest BCUT2D eigenvalue weighted by Gasteiger charge is -2.22. The molecule has 264 valence electrons. The van der Waals surface area contributed by atoms with Gasteiger partial charge in [0.05, 0.1) is 0 Å². The molecule has 2 atom stereocenters. The number of aliphatic carboxylic acids is 3. The second-order valence-electron chi connectivity index (χ2n) is 12.7. The Labute approximate surface area is 274 Å². The van der Waals surface area contributed by atoms with Crippen LogP contribution in [0.2, 0.25) is 0 Å². The molecular weight excluding hydrogens is 620 g/mol. The van der Waals surface area contributed by atoms with Gasteiger partial charge >= 0.3 is 29.8 Å². The highest BCUT2D eigenvalue weighted by atomic mass is 16.6. The highest BCUT2D eigenvalue weighted by Gasteiger charge is 2.35. The zero-order chi connectivity index (χ0) is 36.4. The largest absolute Gasteiger partial charge is 0.480 e. The highest BCUT2D eigenvalue weighted by molar-refractivity contribution is 6.14. The molecule has 47 heavy (non-hydrogen) atoms. The van der Waals surface area contributed by atoms with Gasteiger partial charge in [-0.1, -0.05) is 25.7 Å². The first kappa shape index (κ1) is 42.4. The van der Waals surface area contributed by atoms with E-state index in [0.717, 1.165) is 23.1 Å². The van der Waals surface area contributed by atoms with E-state index in [9.17, 15) is 43.5 Å². The first-order chi connectivity index (χ1) is 21.6. The van der Waals surface area contributed by atoms with Gasteiger partial charge < -0.3 is 30.1 Å². The average Bonchev–Trinajstić information content (AvgIpc) is 3.23. The van der Waals surface area contributed by atoms with Gasteiger partial charge in [-0.25, -0.2) is 14.4 Å². The van der Waals surface area contributed by atoms with Crippen molar-refractivity contribution < 1.29 is 63.1 Å². The maximum absolute atomic E-state index is 11.5. The van der Waals surface area contributed by atoms with Crippen LogP contribution in [-0.2, 0) is 47.8 Å². The summed E-state index contributed by atoms with van der Waals surface area (Å²) in [7, 11) is 0. The van der Waals surface area contributed by atoms with E-state index in [1.165, 1.54) is 0 Å². The number of carbonyl (C=O) groups excluding carboxylic acids is 5. The van der Waals surface area contributed by atoms with Gasteiger partial charge in [0.1, 0.15) is 23.3 Å². The summed E-state index contributed by atoms with van der Waals surface area (Å²) in [5.74, 6) is -6.27. The Morgan fingerprint density at radius 2 is 1.15 bits per heavy atom. The van der Waals surface area contributed by atoms with Crippen molar-refractivity contribution in [2.45, 2.75) is 129 Å². The van der Waals surface area contributed by atoms with E-state index in [1.54, 1.807) is 41.5 Å².